The molecule has 0 radical (unpaired) electrons. The van der Waals surface area contributed by atoms with Gasteiger partial charge in [-0.25, -0.2) is 4.79 Å². The molecule has 0 unspecified atom stereocenters. The van der Waals surface area contributed by atoms with Crippen LogP contribution in [0.1, 0.15) is 36.2 Å². The number of hydrogen-bond acceptors (Lipinski definition) is 7. The first-order chi connectivity index (χ1) is 11.6. The molecule has 7 heteroatoms. The van der Waals surface area contributed by atoms with Gasteiger partial charge in [-0.1, -0.05) is 17.3 Å². The molecule has 1 aliphatic rings. The van der Waals surface area contributed by atoms with Gasteiger partial charge in [0.25, 0.3) is 5.89 Å². The van der Waals surface area contributed by atoms with E-state index in [-0.39, 0.29) is 12.1 Å². The second-order valence-electron chi connectivity index (χ2n) is 5.97. The van der Waals surface area contributed by atoms with E-state index in [0.29, 0.717) is 29.9 Å². The number of rotatable bonds is 4. The molecule has 1 aromatic heterocycles. The molecule has 0 aliphatic carbocycles. The van der Waals surface area contributed by atoms with E-state index in [0.717, 1.165) is 18.7 Å². The molecule has 0 bridgehead atoms. The van der Waals surface area contributed by atoms with Crippen LogP contribution in [0.3, 0.4) is 0 Å². The van der Waals surface area contributed by atoms with Crippen molar-refractivity contribution < 1.29 is 18.8 Å². The highest BCUT2D eigenvalue weighted by molar-refractivity contribution is 5.89. The van der Waals surface area contributed by atoms with Crippen LogP contribution in [0.4, 0.5) is 0 Å². The maximum absolute atomic E-state index is 11.5. The van der Waals surface area contributed by atoms with Gasteiger partial charge in [-0.2, -0.15) is 4.98 Å². The van der Waals surface area contributed by atoms with Crippen LogP contribution < -0.4 is 0 Å². The van der Waals surface area contributed by atoms with Crippen molar-refractivity contribution in [1.29, 1.82) is 0 Å². The van der Waals surface area contributed by atoms with E-state index in [1.165, 1.54) is 7.11 Å². The second kappa shape index (κ2) is 7.11. The van der Waals surface area contributed by atoms with Crippen molar-refractivity contribution in [3.63, 3.8) is 0 Å². The first-order valence-electron chi connectivity index (χ1n) is 7.96. The van der Waals surface area contributed by atoms with Gasteiger partial charge in [-0.05, 0) is 26.0 Å². The molecule has 128 valence electrons. The van der Waals surface area contributed by atoms with Gasteiger partial charge in [0.15, 0.2) is 0 Å². The van der Waals surface area contributed by atoms with E-state index in [1.54, 1.807) is 24.3 Å². The number of aromatic nitrogens is 2. The average Bonchev–Trinajstić information content (AvgIpc) is 3.11. The van der Waals surface area contributed by atoms with E-state index in [1.807, 2.05) is 0 Å². The molecule has 0 saturated carbocycles. The molecule has 7 nitrogen and oxygen atoms in total. The summed E-state index contributed by atoms with van der Waals surface area (Å²) in [5.74, 6) is 0.582. The van der Waals surface area contributed by atoms with Crippen molar-refractivity contribution in [3.8, 4) is 11.4 Å². The Labute approximate surface area is 140 Å². The predicted octanol–water partition coefficient (Wildman–Crippen LogP) is 2.30. The van der Waals surface area contributed by atoms with Crippen molar-refractivity contribution in [3.05, 3.63) is 35.7 Å². The number of benzene rings is 1. The molecule has 1 saturated heterocycles. The molecule has 1 aromatic carbocycles. The van der Waals surface area contributed by atoms with Crippen LogP contribution in [0, 0.1) is 0 Å². The van der Waals surface area contributed by atoms with E-state index in [2.05, 4.69) is 33.6 Å². The zero-order chi connectivity index (χ0) is 17.1. The van der Waals surface area contributed by atoms with E-state index < -0.39 is 0 Å². The Hall–Kier alpha value is -2.25. The summed E-state index contributed by atoms with van der Waals surface area (Å²) in [6.07, 6.45) is -0.211. The van der Waals surface area contributed by atoms with Crippen LogP contribution in [0.2, 0.25) is 0 Å². The van der Waals surface area contributed by atoms with Gasteiger partial charge in [0.2, 0.25) is 5.82 Å². The largest absolute Gasteiger partial charge is 0.465 e. The lowest BCUT2D eigenvalue weighted by molar-refractivity contribution is -0.0539. The van der Waals surface area contributed by atoms with E-state index in [9.17, 15) is 4.79 Å². The van der Waals surface area contributed by atoms with Crippen molar-refractivity contribution >= 4 is 5.97 Å². The molecule has 0 spiro atoms. The lowest BCUT2D eigenvalue weighted by Crippen LogP contribution is -2.42. The van der Waals surface area contributed by atoms with Crippen molar-refractivity contribution in [1.82, 2.24) is 15.0 Å². The molecule has 0 amide bonds. The Morgan fingerprint density at radius 1 is 1.33 bits per heavy atom. The van der Waals surface area contributed by atoms with Crippen LogP contribution in [-0.2, 0) is 9.47 Å². The van der Waals surface area contributed by atoms with Gasteiger partial charge < -0.3 is 14.0 Å². The molecule has 1 atom stereocenters. The van der Waals surface area contributed by atoms with Gasteiger partial charge >= 0.3 is 5.97 Å². The first kappa shape index (κ1) is 16.6. The number of ether oxygens (including phenoxy) is 2. The maximum Gasteiger partial charge on any atom is 0.337 e. The minimum atomic E-state index is -0.375. The minimum absolute atomic E-state index is 0.211. The zero-order valence-electron chi connectivity index (χ0n) is 14.1. The molecule has 2 aromatic rings. The number of esters is 1. The summed E-state index contributed by atoms with van der Waals surface area (Å²) in [6, 6.07) is 7.33. The summed E-state index contributed by atoms with van der Waals surface area (Å²) in [5.41, 5.74) is 1.25. The number of nitrogens with zero attached hydrogens (tertiary/aromatic N) is 3. The highest BCUT2D eigenvalue weighted by Crippen LogP contribution is 2.25. The molecule has 3 rings (SSSR count). The maximum atomic E-state index is 11.5. The molecular formula is C17H21N3O4. The van der Waals surface area contributed by atoms with Crippen LogP contribution in [0.5, 0.6) is 0 Å². The molecule has 2 heterocycles. The van der Waals surface area contributed by atoms with Crippen LogP contribution in [0.15, 0.2) is 28.8 Å². The Kier molecular flexibility index (Phi) is 4.92. The summed E-state index contributed by atoms with van der Waals surface area (Å²) in [4.78, 5) is 18.2. The SMILES string of the molecule is COC(=O)c1ccc(-c2noc([C@@H]3CN(C(C)C)CCO3)n2)cc1. The molecular weight excluding hydrogens is 310 g/mol. The van der Waals surface area contributed by atoms with Gasteiger partial charge in [-0.15, -0.1) is 0 Å². The first-order valence-corrected chi connectivity index (χ1v) is 7.96. The average molecular weight is 331 g/mol. The monoisotopic (exact) mass is 331 g/mol. The van der Waals surface area contributed by atoms with Crippen molar-refractivity contribution in [2.75, 3.05) is 26.8 Å². The Bertz CT molecular complexity index is 696. The molecule has 0 N–H and O–H groups in total. The predicted molar refractivity (Wildman–Crippen MR) is 86.5 cm³/mol. The van der Waals surface area contributed by atoms with Crippen LogP contribution in [0.25, 0.3) is 11.4 Å². The van der Waals surface area contributed by atoms with Gasteiger partial charge in [0, 0.05) is 24.7 Å². The Balaban J connectivity index is 1.74. The van der Waals surface area contributed by atoms with Gasteiger partial charge in [-0.3, -0.25) is 4.90 Å². The molecule has 24 heavy (non-hydrogen) atoms. The van der Waals surface area contributed by atoms with Crippen molar-refractivity contribution in [2.24, 2.45) is 0 Å². The highest BCUT2D eigenvalue weighted by atomic mass is 16.5. The normalized spacial score (nSPS) is 18.8. The highest BCUT2D eigenvalue weighted by Gasteiger charge is 2.28. The third kappa shape index (κ3) is 3.47. The third-order valence-electron chi connectivity index (χ3n) is 4.11. The zero-order valence-corrected chi connectivity index (χ0v) is 14.1. The Morgan fingerprint density at radius 2 is 2.08 bits per heavy atom. The fourth-order valence-corrected chi connectivity index (χ4v) is 2.64. The summed E-state index contributed by atoms with van der Waals surface area (Å²) in [7, 11) is 1.35. The lowest BCUT2D eigenvalue weighted by Gasteiger charge is -2.33. The van der Waals surface area contributed by atoms with E-state index >= 15 is 0 Å². The summed E-state index contributed by atoms with van der Waals surface area (Å²) in [5, 5.41) is 4.03. The summed E-state index contributed by atoms with van der Waals surface area (Å²) in [6.45, 7) is 6.61. The quantitative estimate of drug-likeness (QED) is 0.796. The van der Waals surface area contributed by atoms with Crippen LogP contribution in [-0.4, -0.2) is 53.9 Å². The Morgan fingerprint density at radius 3 is 2.75 bits per heavy atom. The number of hydrogen-bond donors (Lipinski definition) is 0. The number of methoxy groups -OCH3 is 1. The molecule has 1 fully saturated rings. The lowest BCUT2D eigenvalue weighted by atomic mass is 10.1. The smallest absolute Gasteiger partial charge is 0.337 e. The van der Waals surface area contributed by atoms with E-state index in [4.69, 9.17) is 9.26 Å². The summed E-state index contributed by atoms with van der Waals surface area (Å²) >= 11 is 0. The van der Waals surface area contributed by atoms with Crippen LogP contribution >= 0.6 is 0 Å². The topological polar surface area (TPSA) is 77.7 Å². The number of carbonyl (C=O) groups is 1. The standard InChI is InChI=1S/C17H21N3O4/c1-11(2)20-8-9-23-14(10-20)16-18-15(19-24-16)12-4-6-13(7-5-12)17(21)22-3/h4-7,11,14H,8-10H2,1-3H3/t14-/m0/s1. The van der Waals surface area contributed by atoms with Gasteiger partial charge in [0.1, 0.15) is 6.10 Å². The minimum Gasteiger partial charge on any atom is -0.465 e. The molecule has 1 aliphatic heterocycles. The number of morpholine rings is 1. The second-order valence-corrected chi connectivity index (χ2v) is 5.97. The number of carbonyl (C=O) groups excluding carboxylic acids is 1. The summed E-state index contributed by atoms with van der Waals surface area (Å²) < 4.78 is 15.8. The fraction of sp³-hybridized carbons (Fsp3) is 0.471. The third-order valence-corrected chi connectivity index (χ3v) is 4.11. The fourth-order valence-electron chi connectivity index (χ4n) is 2.64. The van der Waals surface area contributed by atoms with Gasteiger partial charge in [0.05, 0.1) is 19.3 Å². The van der Waals surface area contributed by atoms with Crippen molar-refractivity contribution in [2.45, 2.75) is 26.0 Å².